The van der Waals surface area contributed by atoms with E-state index >= 15 is 0 Å². The van der Waals surface area contributed by atoms with E-state index in [1.165, 1.54) is 37.4 Å². The van der Waals surface area contributed by atoms with E-state index in [9.17, 15) is 4.79 Å². The Labute approximate surface area is 99.1 Å². The van der Waals surface area contributed by atoms with Gasteiger partial charge in [-0.05, 0) is 12.3 Å². The van der Waals surface area contributed by atoms with Crippen LogP contribution in [0.3, 0.4) is 0 Å². The minimum atomic E-state index is -0.793. The third-order valence-corrected chi connectivity index (χ3v) is 3.99. The fraction of sp³-hybridized carbons (Fsp3) is 0.636. The smallest absolute Gasteiger partial charge is 0.313 e. The zero-order valence-corrected chi connectivity index (χ0v) is 9.95. The second kappa shape index (κ2) is 5.39. The minimum Gasteiger partial charge on any atom is -0.481 e. The number of aromatic nitrogens is 2. The largest absolute Gasteiger partial charge is 0.481 e. The van der Waals surface area contributed by atoms with Gasteiger partial charge in [-0.15, -0.1) is 0 Å². The number of imidazole rings is 1. The van der Waals surface area contributed by atoms with E-state index < -0.39 is 5.97 Å². The van der Waals surface area contributed by atoms with Crippen LogP contribution in [-0.2, 0) is 11.3 Å². The van der Waals surface area contributed by atoms with E-state index in [4.69, 9.17) is 5.11 Å². The Morgan fingerprint density at radius 3 is 3.06 bits per heavy atom. The second-order valence-corrected chi connectivity index (χ2v) is 5.11. The van der Waals surface area contributed by atoms with Crippen LogP contribution >= 0.6 is 11.8 Å². The molecule has 1 aliphatic rings. The highest BCUT2D eigenvalue weighted by Gasteiger charge is 2.17. The molecule has 0 aliphatic heterocycles. The Kier molecular flexibility index (Phi) is 3.88. The van der Waals surface area contributed by atoms with E-state index in [0.717, 1.165) is 17.6 Å². The molecule has 4 nitrogen and oxygen atoms in total. The summed E-state index contributed by atoms with van der Waals surface area (Å²) in [5.41, 5.74) is 0. The molecule has 0 saturated heterocycles. The molecule has 0 amide bonds. The van der Waals surface area contributed by atoms with Gasteiger partial charge in [-0.2, -0.15) is 0 Å². The molecular weight excluding hydrogens is 224 g/mol. The first-order valence-corrected chi connectivity index (χ1v) is 6.60. The highest BCUT2D eigenvalue weighted by molar-refractivity contribution is 7.99. The van der Waals surface area contributed by atoms with Gasteiger partial charge >= 0.3 is 5.97 Å². The molecule has 1 heterocycles. The first-order valence-electron chi connectivity index (χ1n) is 5.61. The Balaban J connectivity index is 1.82. The van der Waals surface area contributed by atoms with Gasteiger partial charge in [0.15, 0.2) is 5.16 Å². The van der Waals surface area contributed by atoms with Crippen molar-refractivity contribution in [1.82, 2.24) is 9.55 Å². The first kappa shape index (κ1) is 11.5. The number of hydrogen-bond acceptors (Lipinski definition) is 3. The fourth-order valence-corrected chi connectivity index (χ4v) is 2.54. The number of aryl methyl sites for hydroxylation is 1. The first-order chi connectivity index (χ1) is 7.75. The molecule has 1 aliphatic carbocycles. The number of nitrogens with zero attached hydrogens (tertiary/aromatic N) is 2. The normalized spacial score (nSPS) is 16.0. The summed E-state index contributed by atoms with van der Waals surface area (Å²) in [4.78, 5) is 14.6. The van der Waals surface area contributed by atoms with Crippen LogP contribution in [0.1, 0.15) is 25.7 Å². The maximum Gasteiger partial charge on any atom is 0.313 e. The minimum absolute atomic E-state index is 0.0838. The Bertz CT molecular complexity index is 361. The monoisotopic (exact) mass is 240 g/mol. The van der Waals surface area contributed by atoms with Gasteiger partial charge in [0.05, 0.1) is 5.75 Å². The third-order valence-electron chi connectivity index (χ3n) is 3.01. The summed E-state index contributed by atoms with van der Waals surface area (Å²) in [5.74, 6) is 0.166. The lowest BCUT2D eigenvalue weighted by atomic mass is 9.83. The molecule has 0 radical (unpaired) electrons. The van der Waals surface area contributed by atoms with E-state index in [0.29, 0.717) is 0 Å². The summed E-state index contributed by atoms with van der Waals surface area (Å²) < 4.78 is 2.06. The Morgan fingerprint density at radius 1 is 1.62 bits per heavy atom. The molecule has 0 atom stereocenters. The Hall–Kier alpha value is -0.970. The summed E-state index contributed by atoms with van der Waals surface area (Å²) in [7, 11) is 0. The summed E-state index contributed by atoms with van der Waals surface area (Å²) in [5, 5.41) is 9.43. The second-order valence-electron chi connectivity index (χ2n) is 4.17. The van der Waals surface area contributed by atoms with Gasteiger partial charge in [-0.25, -0.2) is 4.98 Å². The van der Waals surface area contributed by atoms with Gasteiger partial charge in [0.25, 0.3) is 0 Å². The van der Waals surface area contributed by atoms with E-state index in [-0.39, 0.29) is 5.75 Å². The van der Waals surface area contributed by atoms with Crippen molar-refractivity contribution in [2.24, 2.45) is 5.92 Å². The van der Waals surface area contributed by atoms with Crippen LogP contribution in [0.25, 0.3) is 0 Å². The predicted molar refractivity (Wildman–Crippen MR) is 62.5 cm³/mol. The molecule has 0 bridgehead atoms. The van der Waals surface area contributed by atoms with Crippen molar-refractivity contribution in [3.8, 4) is 0 Å². The summed E-state index contributed by atoms with van der Waals surface area (Å²) >= 11 is 1.29. The summed E-state index contributed by atoms with van der Waals surface area (Å²) in [6.45, 7) is 0.965. The number of hydrogen-bond donors (Lipinski definition) is 1. The zero-order chi connectivity index (χ0) is 11.4. The number of thioether (sulfide) groups is 1. The van der Waals surface area contributed by atoms with E-state index in [1.54, 1.807) is 6.20 Å². The van der Waals surface area contributed by atoms with Gasteiger partial charge in [-0.3, -0.25) is 4.79 Å². The Morgan fingerprint density at radius 2 is 2.44 bits per heavy atom. The van der Waals surface area contributed by atoms with Crippen molar-refractivity contribution < 1.29 is 9.90 Å². The molecule has 88 valence electrons. The van der Waals surface area contributed by atoms with Crippen LogP contribution in [0.2, 0.25) is 0 Å². The molecule has 1 saturated carbocycles. The average Bonchev–Trinajstić information content (AvgIpc) is 2.60. The highest BCUT2D eigenvalue weighted by atomic mass is 32.2. The summed E-state index contributed by atoms with van der Waals surface area (Å²) in [6.07, 6.45) is 8.94. The number of rotatable bonds is 6. The molecule has 2 rings (SSSR count). The predicted octanol–water partition coefficient (Wildman–Crippen LogP) is 2.25. The molecule has 0 aromatic carbocycles. The maximum atomic E-state index is 10.5. The molecule has 16 heavy (non-hydrogen) atoms. The van der Waals surface area contributed by atoms with Crippen molar-refractivity contribution in [2.45, 2.75) is 37.4 Å². The molecule has 1 fully saturated rings. The van der Waals surface area contributed by atoms with Gasteiger partial charge in [-0.1, -0.05) is 31.0 Å². The summed E-state index contributed by atoms with van der Waals surface area (Å²) in [6, 6.07) is 0. The number of carboxylic acids is 1. The number of carboxylic acid groups (broad SMARTS) is 1. The van der Waals surface area contributed by atoms with Crippen LogP contribution in [-0.4, -0.2) is 26.4 Å². The van der Waals surface area contributed by atoms with E-state index in [2.05, 4.69) is 9.55 Å². The molecule has 1 N–H and O–H groups in total. The molecule has 1 aromatic rings. The standard InChI is InChI=1S/C11H16N2O2S/c14-10(15)8-16-11-12-5-7-13(11)6-4-9-2-1-3-9/h5,7,9H,1-4,6,8H2,(H,14,15). The van der Waals surface area contributed by atoms with Gasteiger partial charge in [0, 0.05) is 18.9 Å². The topological polar surface area (TPSA) is 55.1 Å². The van der Waals surface area contributed by atoms with Gasteiger partial charge in [0.2, 0.25) is 0 Å². The van der Waals surface area contributed by atoms with Gasteiger partial charge in [0.1, 0.15) is 0 Å². The lowest BCUT2D eigenvalue weighted by Crippen LogP contribution is -2.14. The van der Waals surface area contributed by atoms with Crippen LogP contribution < -0.4 is 0 Å². The van der Waals surface area contributed by atoms with Gasteiger partial charge < -0.3 is 9.67 Å². The van der Waals surface area contributed by atoms with Crippen molar-refractivity contribution in [2.75, 3.05) is 5.75 Å². The average molecular weight is 240 g/mol. The lowest BCUT2D eigenvalue weighted by molar-refractivity contribution is -0.133. The SMILES string of the molecule is O=C(O)CSc1nccn1CCC1CCC1. The van der Waals surface area contributed by atoms with Crippen molar-refractivity contribution in [1.29, 1.82) is 0 Å². The maximum absolute atomic E-state index is 10.5. The zero-order valence-electron chi connectivity index (χ0n) is 9.13. The highest BCUT2D eigenvalue weighted by Crippen LogP contribution is 2.30. The molecule has 0 spiro atoms. The van der Waals surface area contributed by atoms with E-state index in [1.807, 2.05) is 6.20 Å². The third kappa shape index (κ3) is 3.01. The van der Waals surface area contributed by atoms with Crippen molar-refractivity contribution >= 4 is 17.7 Å². The van der Waals surface area contributed by atoms with Crippen LogP contribution in [0.4, 0.5) is 0 Å². The lowest BCUT2D eigenvalue weighted by Gasteiger charge is -2.25. The van der Waals surface area contributed by atoms with Crippen LogP contribution in [0, 0.1) is 5.92 Å². The number of aliphatic carboxylic acids is 1. The van der Waals surface area contributed by atoms with Crippen LogP contribution in [0.5, 0.6) is 0 Å². The molecular formula is C11H16N2O2S. The number of carbonyl (C=O) groups is 1. The molecule has 5 heteroatoms. The molecule has 0 unspecified atom stereocenters. The van der Waals surface area contributed by atoms with Crippen molar-refractivity contribution in [3.05, 3.63) is 12.4 Å². The molecule has 1 aromatic heterocycles. The van der Waals surface area contributed by atoms with Crippen LogP contribution in [0.15, 0.2) is 17.6 Å². The fourth-order valence-electron chi connectivity index (χ4n) is 1.84. The quantitative estimate of drug-likeness (QED) is 0.775. The van der Waals surface area contributed by atoms with Crippen molar-refractivity contribution in [3.63, 3.8) is 0 Å².